The second-order valence-electron chi connectivity index (χ2n) is 5.11. The standard InChI is InChI=1S/C12H19N5O/c1-2-5-18-12-15-10(13)14-11(16-12)17-7-8-3-4-9(17)6-8/h8-9H,2-7H2,1H3,(H2,13,14,15,16). The number of nitrogens with two attached hydrogens (primary N) is 1. The average Bonchev–Trinajstić information content (AvgIpc) is 2.98. The Morgan fingerprint density at radius 1 is 1.33 bits per heavy atom. The zero-order valence-electron chi connectivity index (χ0n) is 10.7. The lowest BCUT2D eigenvalue weighted by atomic mass is 10.1. The van der Waals surface area contributed by atoms with E-state index in [4.69, 9.17) is 10.5 Å². The first-order valence-corrected chi connectivity index (χ1v) is 6.67. The van der Waals surface area contributed by atoms with Gasteiger partial charge in [-0.1, -0.05) is 6.92 Å². The van der Waals surface area contributed by atoms with E-state index in [1.807, 2.05) is 6.92 Å². The third-order valence-corrected chi connectivity index (χ3v) is 3.72. The van der Waals surface area contributed by atoms with Gasteiger partial charge in [-0.25, -0.2) is 0 Å². The molecule has 2 aliphatic rings. The fraction of sp³-hybridized carbons (Fsp3) is 0.750. The molecule has 2 bridgehead atoms. The lowest BCUT2D eigenvalue weighted by Crippen LogP contribution is -2.33. The van der Waals surface area contributed by atoms with Crippen LogP contribution in [0.2, 0.25) is 0 Å². The number of aromatic nitrogens is 3. The molecule has 6 heteroatoms. The first-order valence-electron chi connectivity index (χ1n) is 6.67. The van der Waals surface area contributed by atoms with Gasteiger partial charge in [-0.2, -0.15) is 15.0 Å². The van der Waals surface area contributed by atoms with Gasteiger partial charge in [-0.3, -0.25) is 0 Å². The molecule has 1 aliphatic heterocycles. The summed E-state index contributed by atoms with van der Waals surface area (Å²) < 4.78 is 5.45. The highest BCUT2D eigenvalue weighted by molar-refractivity contribution is 5.39. The van der Waals surface area contributed by atoms with Crippen LogP contribution in [0.1, 0.15) is 32.6 Å². The summed E-state index contributed by atoms with van der Waals surface area (Å²) >= 11 is 0. The van der Waals surface area contributed by atoms with E-state index < -0.39 is 0 Å². The van der Waals surface area contributed by atoms with Gasteiger partial charge in [0.1, 0.15) is 0 Å². The van der Waals surface area contributed by atoms with E-state index >= 15 is 0 Å². The lowest BCUT2D eigenvalue weighted by Gasteiger charge is -2.26. The van der Waals surface area contributed by atoms with Crippen molar-refractivity contribution in [3.05, 3.63) is 0 Å². The van der Waals surface area contributed by atoms with Gasteiger partial charge in [0.2, 0.25) is 11.9 Å². The van der Waals surface area contributed by atoms with Crippen molar-refractivity contribution < 1.29 is 4.74 Å². The first kappa shape index (κ1) is 11.5. The highest BCUT2D eigenvalue weighted by atomic mass is 16.5. The van der Waals surface area contributed by atoms with Crippen molar-refractivity contribution in [2.24, 2.45) is 5.92 Å². The SMILES string of the molecule is CCCOc1nc(N)nc(N2CC3CCC2C3)n1. The Morgan fingerprint density at radius 2 is 2.22 bits per heavy atom. The van der Waals surface area contributed by atoms with Crippen LogP contribution in [0.4, 0.5) is 11.9 Å². The smallest absolute Gasteiger partial charge is 0.323 e. The second-order valence-corrected chi connectivity index (χ2v) is 5.11. The number of piperidine rings is 1. The van der Waals surface area contributed by atoms with Gasteiger partial charge in [0.25, 0.3) is 0 Å². The van der Waals surface area contributed by atoms with Gasteiger partial charge in [0.15, 0.2) is 0 Å². The van der Waals surface area contributed by atoms with Crippen LogP contribution in [0.3, 0.4) is 0 Å². The van der Waals surface area contributed by atoms with E-state index in [0.717, 1.165) is 18.9 Å². The monoisotopic (exact) mass is 249 g/mol. The number of fused-ring (bicyclic) bond motifs is 2. The topological polar surface area (TPSA) is 77.2 Å². The molecule has 2 atom stereocenters. The van der Waals surface area contributed by atoms with Gasteiger partial charge in [-0.15, -0.1) is 0 Å². The van der Waals surface area contributed by atoms with Gasteiger partial charge < -0.3 is 15.4 Å². The molecule has 1 saturated carbocycles. The van der Waals surface area contributed by atoms with Crippen molar-refractivity contribution in [2.45, 2.75) is 38.6 Å². The number of ether oxygens (including phenoxy) is 1. The molecule has 2 heterocycles. The first-order chi connectivity index (χ1) is 8.76. The van der Waals surface area contributed by atoms with Crippen molar-refractivity contribution in [1.82, 2.24) is 15.0 Å². The number of rotatable bonds is 4. The zero-order chi connectivity index (χ0) is 12.5. The van der Waals surface area contributed by atoms with Crippen molar-refractivity contribution in [2.75, 3.05) is 23.8 Å². The molecule has 2 unspecified atom stereocenters. The van der Waals surface area contributed by atoms with E-state index in [9.17, 15) is 0 Å². The van der Waals surface area contributed by atoms with Crippen LogP contribution in [0.15, 0.2) is 0 Å². The van der Waals surface area contributed by atoms with Crippen molar-refractivity contribution in [3.8, 4) is 6.01 Å². The molecular formula is C12H19N5O. The Morgan fingerprint density at radius 3 is 2.89 bits per heavy atom. The summed E-state index contributed by atoms with van der Waals surface area (Å²) in [5, 5.41) is 0. The summed E-state index contributed by atoms with van der Waals surface area (Å²) in [5.74, 6) is 1.72. The number of nitrogens with zero attached hydrogens (tertiary/aromatic N) is 4. The number of anilines is 2. The molecule has 1 saturated heterocycles. The summed E-state index contributed by atoms with van der Waals surface area (Å²) in [6.45, 7) is 3.70. The van der Waals surface area contributed by atoms with Crippen LogP contribution in [-0.4, -0.2) is 34.1 Å². The van der Waals surface area contributed by atoms with Gasteiger partial charge in [0, 0.05) is 12.6 Å². The van der Waals surface area contributed by atoms with E-state index in [2.05, 4.69) is 19.9 Å². The molecule has 0 amide bonds. The number of hydrogen-bond acceptors (Lipinski definition) is 6. The van der Waals surface area contributed by atoms with Crippen LogP contribution < -0.4 is 15.4 Å². The minimum absolute atomic E-state index is 0.244. The van der Waals surface area contributed by atoms with Gasteiger partial charge in [0.05, 0.1) is 6.61 Å². The quantitative estimate of drug-likeness (QED) is 0.864. The Hall–Kier alpha value is -1.59. The maximum Gasteiger partial charge on any atom is 0.323 e. The molecule has 2 N–H and O–H groups in total. The highest BCUT2D eigenvalue weighted by Gasteiger charge is 2.39. The van der Waals surface area contributed by atoms with E-state index in [0.29, 0.717) is 24.6 Å². The summed E-state index contributed by atoms with van der Waals surface area (Å²) in [5.41, 5.74) is 5.73. The van der Waals surface area contributed by atoms with E-state index in [-0.39, 0.29) is 5.95 Å². The molecule has 18 heavy (non-hydrogen) atoms. The molecule has 3 rings (SSSR count). The van der Waals surface area contributed by atoms with Gasteiger partial charge in [-0.05, 0) is 31.6 Å². The van der Waals surface area contributed by atoms with Crippen LogP contribution >= 0.6 is 0 Å². The van der Waals surface area contributed by atoms with Crippen LogP contribution in [0, 0.1) is 5.92 Å². The van der Waals surface area contributed by atoms with E-state index in [1.54, 1.807) is 0 Å². The maximum atomic E-state index is 5.73. The average molecular weight is 249 g/mol. The summed E-state index contributed by atoms with van der Waals surface area (Å²) in [4.78, 5) is 14.9. The largest absolute Gasteiger partial charge is 0.463 e. The predicted molar refractivity (Wildman–Crippen MR) is 68.5 cm³/mol. The molecule has 1 aliphatic carbocycles. The Balaban J connectivity index is 1.81. The Kier molecular flexibility index (Phi) is 2.93. The Bertz CT molecular complexity index is 438. The van der Waals surface area contributed by atoms with Gasteiger partial charge >= 0.3 is 6.01 Å². The molecule has 6 nitrogen and oxygen atoms in total. The molecule has 0 aromatic carbocycles. The van der Waals surface area contributed by atoms with E-state index in [1.165, 1.54) is 19.3 Å². The fourth-order valence-corrected chi connectivity index (χ4v) is 2.92. The van der Waals surface area contributed by atoms with Crippen LogP contribution in [0.25, 0.3) is 0 Å². The summed E-state index contributed by atoms with van der Waals surface area (Å²) in [6, 6.07) is 0.929. The molecule has 98 valence electrons. The third-order valence-electron chi connectivity index (χ3n) is 3.72. The van der Waals surface area contributed by atoms with Crippen molar-refractivity contribution in [1.29, 1.82) is 0 Å². The van der Waals surface area contributed by atoms with Crippen molar-refractivity contribution in [3.63, 3.8) is 0 Å². The number of hydrogen-bond donors (Lipinski definition) is 1. The predicted octanol–water partition coefficient (Wildman–Crippen LogP) is 1.23. The third kappa shape index (κ3) is 2.07. The zero-order valence-corrected chi connectivity index (χ0v) is 10.7. The summed E-state index contributed by atoms with van der Waals surface area (Å²) in [6.07, 6.45) is 4.76. The second kappa shape index (κ2) is 4.59. The molecule has 1 aromatic heterocycles. The van der Waals surface area contributed by atoms with Crippen molar-refractivity contribution >= 4 is 11.9 Å². The fourth-order valence-electron chi connectivity index (χ4n) is 2.92. The normalized spacial score (nSPS) is 25.7. The molecule has 1 aromatic rings. The molecular weight excluding hydrogens is 230 g/mol. The molecule has 0 radical (unpaired) electrons. The lowest BCUT2D eigenvalue weighted by molar-refractivity contribution is 0.291. The minimum Gasteiger partial charge on any atom is -0.463 e. The maximum absolute atomic E-state index is 5.73. The van der Waals surface area contributed by atoms with Crippen LogP contribution in [-0.2, 0) is 0 Å². The van der Waals surface area contributed by atoms with Crippen LogP contribution in [0.5, 0.6) is 6.01 Å². The molecule has 2 fully saturated rings. The minimum atomic E-state index is 0.244. The molecule has 0 spiro atoms. The number of nitrogen functional groups attached to an aromatic ring is 1. The highest BCUT2D eigenvalue weighted by Crippen LogP contribution is 2.39. The summed E-state index contributed by atoms with van der Waals surface area (Å²) in [7, 11) is 0. The Labute approximate surface area is 107 Å².